The van der Waals surface area contributed by atoms with E-state index in [1.54, 1.807) is 0 Å². The van der Waals surface area contributed by atoms with Crippen molar-refractivity contribution in [2.24, 2.45) is 11.8 Å². The molecule has 2 atom stereocenters. The number of hydrogen-bond donors (Lipinski definition) is 1. The van der Waals surface area contributed by atoms with Crippen LogP contribution in [0.15, 0.2) is 30.3 Å². The monoisotopic (exact) mass is 463 g/mol. The molecule has 0 radical (unpaired) electrons. The Bertz CT molecular complexity index is 944. The van der Waals surface area contributed by atoms with Gasteiger partial charge in [0.15, 0.2) is 0 Å². The molecule has 0 aliphatic rings. The Morgan fingerprint density at radius 1 is 0.941 bits per heavy atom. The molecular weight excluding hydrogens is 414 g/mol. The Labute approximate surface area is 209 Å². The van der Waals surface area contributed by atoms with Gasteiger partial charge in [-0.1, -0.05) is 96.9 Å². The fraction of sp³-hybridized carbons (Fsp3) is 0.594. The van der Waals surface area contributed by atoms with Gasteiger partial charge in [-0.2, -0.15) is 0 Å². The molecule has 0 amide bonds. The highest BCUT2D eigenvalue weighted by atomic mass is 16.3. The van der Waals surface area contributed by atoms with Gasteiger partial charge >= 0.3 is 0 Å². The van der Waals surface area contributed by atoms with Gasteiger partial charge in [-0.15, -0.1) is 0 Å². The number of rotatable bonds is 11. The number of benzene rings is 1. The Kier molecular flexibility index (Phi) is 10.1. The van der Waals surface area contributed by atoms with Crippen molar-refractivity contribution in [2.45, 2.75) is 112 Å². The van der Waals surface area contributed by atoms with Crippen LogP contribution < -0.4 is 0 Å². The molecule has 34 heavy (non-hydrogen) atoms. The van der Waals surface area contributed by atoms with Gasteiger partial charge in [-0.3, -0.25) is 4.98 Å². The number of nitrogens with zero attached hydrogens (tertiary/aromatic N) is 1. The topological polar surface area (TPSA) is 33.1 Å². The van der Waals surface area contributed by atoms with E-state index in [0.717, 1.165) is 25.7 Å². The molecule has 0 aliphatic heterocycles. The molecular formula is C32H49NO. The molecule has 0 spiro atoms. The maximum atomic E-state index is 10.2. The average molecular weight is 464 g/mol. The summed E-state index contributed by atoms with van der Waals surface area (Å²) in [6.45, 7) is 21.8. The Morgan fingerprint density at radius 3 is 2.03 bits per heavy atom. The van der Waals surface area contributed by atoms with E-state index in [9.17, 15) is 5.11 Å². The lowest BCUT2D eigenvalue weighted by Gasteiger charge is -2.25. The first-order valence-corrected chi connectivity index (χ1v) is 13.4. The SMILES string of the molecule is CCCc1c(C(C)C)nc(C(C)C)c(/C=C/C(C)C[C@@H](C)CC(C)(C)O)c1-c1ccc(C)cc1. The highest BCUT2D eigenvalue weighted by Crippen LogP contribution is 2.38. The summed E-state index contributed by atoms with van der Waals surface area (Å²) in [5.74, 6) is 1.64. The van der Waals surface area contributed by atoms with Crippen molar-refractivity contribution < 1.29 is 5.11 Å². The molecule has 0 fully saturated rings. The van der Waals surface area contributed by atoms with Crippen LogP contribution in [-0.4, -0.2) is 15.7 Å². The minimum atomic E-state index is -0.613. The van der Waals surface area contributed by atoms with Crippen LogP contribution in [0.5, 0.6) is 0 Å². The molecule has 0 saturated carbocycles. The van der Waals surface area contributed by atoms with Crippen molar-refractivity contribution in [2.75, 3.05) is 0 Å². The largest absolute Gasteiger partial charge is 0.390 e. The van der Waals surface area contributed by atoms with Gasteiger partial charge in [0.05, 0.1) is 11.3 Å². The van der Waals surface area contributed by atoms with Gasteiger partial charge in [0, 0.05) is 11.3 Å². The van der Waals surface area contributed by atoms with Crippen molar-refractivity contribution in [1.29, 1.82) is 0 Å². The van der Waals surface area contributed by atoms with Gasteiger partial charge in [0.1, 0.15) is 0 Å². The first kappa shape index (κ1) is 28.3. The molecule has 0 saturated heterocycles. The zero-order chi connectivity index (χ0) is 25.6. The predicted molar refractivity (Wildman–Crippen MR) is 149 cm³/mol. The summed E-state index contributed by atoms with van der Waals surface area (Å²) < 4.78 is 0. The van der Waals surface area contributed by atoms with E-state index in [0.29, 0.717) is 23.7 Å². The minimum Gasteiger partial charge on any atom is -0.390 e. The molecule has 0 aliphatic carbocycles. The van der Waals surface area contributed by atoms with Crippen molar-refractivity contribution >= 4 is 6.08 Å². The number of aliphatic hydroxyl groups is 1. The van der Waals surface area contributed by atoms with E-state index in [4.69, 9.17) is 4.98 Å². The second kappa shape index (κ2) is 12.2. The molecule has 2 nitrogen and oxygen atoms in total. The first-order chi connectivity index (χ1) is 15.8. The molecule has 1 aromatic heterocycles. The lowest BCUT2D eigenvalue weighted by molar-refractivity contribution is 0.0526. The first-order valence-electron chi connectivity index (χ1n) is 13.4. The van der Waals surface area contributed by atoms with Crippen LogP contribution in [0, 0.1) is 18.8 Å². The average Bonchev–Trinajstić information content (AvgIpc) is 2.71. The number of allylic oxidation sites excluding steroid dienone is 1. The number of pyridine rings is 1. The summed E-state index contributed by atoms with van der Waals surface area (Å²) in [5.41, 5.74) is 8.49. The molecule has 2 heteroatoms. The standard InChI is InChI=1S/C32H49NO/c1-11-12-27-29(26-16-13-23(6)14-17-26)28(31(22(4)5)33-30(27)21(2)3)18-15-24(7)19-25(8)20-32(9,10)34/h13-18,21-22,24-25,34H,11-12,19-20H2,1-10H3/b18-15+/t24?,25-/m1/s1. The lowest BCUT2D eigenvalue weighted by atomic mass is 9.84. The molecule has 188 valence electrons. The second-order valence-corrected chi connectivity index (χ2v) is 11.8. The maximum absolute atomic E-state index is 10.2. The second-order valence-electron chi connectivity index (χ2n) is 11.8. The number of aryl methyl sites for hydroxylation is 1. The number of hydrogen-bond acceptors (Lipinski definition) is 2. The molecule has 2 rings (SSSR count). The molecule has 2 aromatic rings. The van der Waals surface area contributed by atoms with Crippen molar-refractivity contribution in [3.05, 3.63) is 58.4 Å². The van der Waals surface area contributed by atoms with E-state index < -0.39 is 5.60 Å². The lowest BCUT2D eigenvalue weighted by Crippen LogP contribution is -2.22. The van der Waals surface area contributed by atoms with Gasteiger partial charge in [-0.05, 0) is 80.4 Å². The third-order valence-corrected chi connectivity index (χ3v) is 6.54. The van der Waals surface area contributed by atoms with Crippen LogP contribution in [0.2, 0.25) is 0 Å². The minimum absolute atomic E-state index is 0.349. The van der Waals surface area contributed by atoms with Crippen LogP contribution in [0.1, 0.15) is 121 Å². The number of aromatic nitrogens is 1. The molecule has 1 N–H and O–H groups in total. The van der Waals surface area contributed by atoms with Gasteiger partial charge < -0.3 is 5.11 Å². The molecule has 1 aromatic carbocycles. The van der Waals surface area contributed by atoms with E-state index in [2.05, 4.69) is 91.8 Å². The zero-order valence-corrected chi connectivity index (χ0v) is 23.5. The van der Waals surface area contributed by atoms with Crippen molar-refractivity contribution in [1.82, 2.24) is 4.98 Å². The Morgan fingerprint density at radius 2 is 1.53 bits per heavy atom. The van der Waals surface area contributed by atoms with Crippen molar-refractivity contribution in [3.8, 4) is 11.1 Å². The fourth-order valence-electron chi connectivity index (χ4n) is 5.23. The normalized spacial score (nSPS) is 14.4. The maximum Gasteiger partial charge on any atom is 0.0594 e. The summed E-state index contributed by atoms with van der Waals surface area (Å²) in [6.07, 6.45) is 8.75. The van der Waals surface area contributed by atoms with Crippen LogP contribution >= 0.6 is 0 Å². The van der Waals surface area contributed by atoms with Crippen LogP contribution in [0.4, 0.5) is 0 Å². The van der Waals surface area contributed by atoms with E-state index >= 15 is 0 Å². The fourth-order valence-corrected chi connectivity index (χ4v) is 5.23. The van der Waals surface area contributed by atoms with Crippen LogP contribution in [-0.2, 0) is 6.42 Å². The van der Waals surface area contributed by atoms with E-state index in [1.165, 1.54) is 39.2 Å². The Hall–Kier alpha value is -1.93. The Balaban J connectivity index is 2.65. The quantitative estimate of drug-likeness (QED) is 0.360. The van der Waals surface area contributed by atoms with Gasteiger partial charge in [-0.25, -0.2) is 0 Å². The third kappa shape index (κ3) is 7.80. The summed E-state index contributed by atoms with van der Waals surface area (Å²) in [6, 6.07) is 9.02. The third-order valence-electron chi connectivity index (χ3n) is 6.54. The van der Waals surface area contributed by atoms with Crippen LogP contribution in [0.25, 0.3) is 17.2 Å². The summed E-state index contributed by atoms with van der Waals surface area (Å²) in [4.78, 5) is 5.30. The van der Waals surface area contributed by atoms with Gasteiger partial charge in [0.2, 0.25) is 0 Å². The molecule has 1 unspecified atom stereocenters. The van der Waals surface area contributed by atoms with E-state index in [-0.39, 0.29) is 0 Å². The van der Waals surface area contributed by atoms with Gasteiger partial charge in [0.25, 0.3) is 0 Å². The highest BCUT2D eigenvalue weighted by Gasteiger charge is 2.23. The summed E-state index contributed by atoms with van der Waals surface area (Å²) >= 11 is 0. The highest BCUT2D eigenvalue weighted by molar-refractivity contribution is 5.80. The zero-order valence-electron chi connectivity index (χ0n) is 23.5. The summed E-state index contributed by atoms with van der Waals surface area (Å²) in [5, 5.41) is 10.2. The molecule has 0 bridgehead atoms. The van der Waals surface area contributed by atoms with E-state index in [1.807, 2.05) is 13.8 Å². The molecule has 1 heterocycles. The predicted octanol–water partition coefficient (Wildman–Crippen LogP) is 9.09. The summed E-state index contributed by atoms with van der Waals surface area (Å²) in [7, 11) is 0. The van der Waals surface area contributed by atoms with Crippen molar-refractivity contribution in [3.63, 3.8) is 0 Å². The smallest absolute Gasteiger partial charge is 0.0594 e. The van der Waals surface area contributed by atoms with Crippen LogP contribution in [0.3, 0.4) is 0 Å².